The van der Waals surface area contributed by atoms with E-state index in [0.717, 1.165) is 18.4 Å². The second kappa shape index (κ2) is 7.62. The van der Waals surface area contributed by atoms with Gasteiger partial charge in [0.2, 0.25) is 5.91 Å². The second-order valence-electron chi connectivity index (χ2n) is 5.97. The van der Waals surface area contributed by atoms with Crippen molar-refractivity contribution in [2.45, 2.75) is 24.9 Å². The smallest absolute Gasteiger partial charge is 0.242 e. The summed E-state index contributed by atoms with van der Waals surface area (Å²) in [5, 5.41) is 10.3. The van der Waals surface area contributed by atoms with Crippen molar-refractivity contribution in [3.05, 3.63) is 53.9 Å². The molecule has 1 heterocycles. The van der Waals surface area contributed by atoms with Crippen molar-refractivity contribution in [3.63, 3.8) is 0 Å². The average molecular weight is 335 g/mol. The van der Waals surface area contributed by atoms with Crippen LogP contribution in [0.4, 0.5) is 0 Å². The van der Waals surface area contributed by atoms with Gasteiger partial charge in [-0.05, 0) is 31.4 Å². The van der Waals surface area contributed by atoms with Crippen LogP contribution in [0.15, 0.2) is 42.7 Å². The molecular weight excluding hydrogens is 312 g/mol. The van der Waals surface area contributed by atoms with Crippen LogP contribution in [0.25, 0.3) is 0 Å². The number of carbonyl (C=O) groups excluding carboxylic acids is 1. The van der Waals surface area contributed by atoms with E-state index < -0.39 is 0 Å². The zero-order valence-corrected chi connectivity index (χ0v) is 14.2. The van der Waals surface area contributed by atoms with E-state index in [2.05, 4.69) is 40.0 Å². The Morgan fingerprint density at radius 1 is 1.39 bits per heavy atom. The molecule has 3 rings (SSSR count). The van der Waals surface area contributed by atoms with Crippen LogP contribution < -0.4 is 10.6 Å². The summed E-state index contributed by atoms with van der Waals surface area (Å²) in [5.74, 6) is 0.578. The molecule has 1 aromatic heterocycles. The Balaban J connectivity index is 0.00000192. The van der Waals surface area contributed by atoms with Crippen molar-refractivity contribution in [3.8, 4) is 0 Å². The van der Waals surface area contributed by atoms with Crippen LogP contribution in [0, 0.1) is 5.92 Å². The zero-order valence-electron chi connectivity index (χ0n) is 13.4. The summed E-state index contributed by atoms with van der Waals surface area (Å²) in [6.45, 7) is 0. The monoisotopic (exact) mass is 334 g/mol. The van der Waals surface area contributed by atoms with Crippen molar-refractivity contribution in [1.82, 2.24) is 20.4 Å². The average Bonchev–Trinajstić information content (AvgIpc) is 3.08. The minimum absolute atomic E-state index is 0. The number of nitrogens with one attached hydrogen (secondary N) is 2. The first kappa shape index (κ1) is 17.5. The predicted octanol–water partition coefficient (Wildman–Crippen LogP) is 1.85. The molecule has 1 aromatic carbocycles. The maximum Gasteiger partial charge on any atom is 0.242 e. The molecule has 23 heavy (non-hydrogen) atoms. The minimum Gasteiger partial charge on any atom is -0.351 e. The van der Waals surface area contributed by atoms with E-state index in [-0.39, 0.29) is 24.4 Å². The van der Waals surface area contributed by atoms with Crippen LogP contribution in [-0.2, 0) is 18.3 Å². The van der Waals surface area contributed by atoms with Gasteiger partial charge in [-0.15, -0.1) is 12.4 Å². The van der Waals surface area contributed by atoms with Gasteiger partial charge in [0.25, 0.3) is 0 Å². The van der Waals surface area contributed by atoms with Crippen molar-refractivity contribution in [2.75, 3.05) is 7.05 Å². The topological polar surface area (TPSA) is 59.0 Å². The van der Waals surface area contributed by atoms with E-state index in [1.165, 1.54) is 5.56 Å². The molecule has 1 aliphatic carbocycles. The summed E-state index contributed by atoms with van der Waals surface area (Å²) in [6, 6.07) is 10.4. The van der Waals surface area contributed by atoms with Gasteiger partial charge in [-0.1, -0.05) is 30.3 Å². The molecule has 124 valence electrons. The van der Waals surface area contributed by atoms with Gasteiger partial charge in [0.15, 0.2) is 0 Å². The highest BCUT2D eigenvalue weighted by Crippen LogP contribution is 2.34. The quantitative estimate of drug-likeness (QED) is 0.847. The molecule has 2 aromatic rings. The van der Waals surface area contributed by atoms with E-state index in [9.17, 15) is 4.79 Å². The normalized spacial score (nSPS) is 20.4. The van der Waals surface area contributed by atoms with Crippen LogP contribution >= 0.6 is 12.4 Å². The van der Waals surface area contributed by atoms with E-state index in [4.69, 9.17) is 0 Å². The number of amides is 1. The van der Waals surface area contributed by atoms with E-state index in [0.29, 0.717) is 12.0 Å². The molecule has 1 amide bonds. The number of hydrogen-bond donors (Lipinski definition) is 2. The Bertz CT molecular complexity index is 643. The molecule has 3 unspecified atom stereocenters. The Kier molecular flexibility index (Phi) is 5.80. The maximum absolute atomic E-state index is 12.4. The highest BCUT2D eigenvalue weighted by molar-refractivity contribution is 5.85. The van der Waals surface area contributed by atoms with E-state index in [1.807, 2.05) is 19.3 Å². The molecule has 0 bridgehead atoms. The van der Waals surface area contributed by atoms with Crippen LogP contribution in [0.2, 0.25) is 0 Å². The summed E-state index contributed by atoms with van der Waals surface area (Å²) in [4.78, 5) is 12.4. The van der Waals surface area contributed by atoms with Crippen LogP contribution in [-0.4, -0.2) is 28.8 Å². The largest absolute Gasteiger partial charge is 0.351 e. The Morgan fingerprint density at radius 3 is 2.74 bits per heavy atom. The highest BCUT2D eigenvalue weighted by Gasteiger charge is 2.39. The van der Waals surface area contributed by atoms with Gasteiger partial charge in [-0.25, -0.2) is 0 Å². The number of nitrogens with zero attached hydrogens (tertiary/aromatic N) is 2. The third-order valence-corrected chi connectivity index (χ3v) is 4.20. The molecule has 0 saturated heterocycles. The number of benzene rings is 1. The van der Waals surface area contributed by atoms with E-state index in [1.54, 1.807) is 17.9 Å². The van der Waals surface area contributed by atoms with Crippen molar-refractivity contribution < 1.29 is 4.79 Å². The second-order valence-corrected chi connectivity index (χ2v) is 5.97. The zero-order chi connectivity index (χ0) is 15.5. The molecule has 2 N–H and O–H groups in total. The van der Waals surface area contributed by atoms with Crippen molar-refractivity contribution in [2.24, 2.45) is 13.0 Å². The fourth-order valence-electron chi connectivity index (χ4n) is 2.87. The van der Waals surface area contributed by atoms with Gasteiger partial charge in [0.05, 0.1) is 6.20 Å². The van der Waals surface area contributed by atoms with Gasteiger partial charge in [0, 0.05) is 24.8 Å². The third kappa shape index (κ3) is 4.33. The molecule has 3 atom stereocenters. The number of rotatable bonds is 6. The minimum atomic E-state index is -0.341. The molecular formula is C17H23ClN4O. The molecule has 0 aliphatic heterocycles. The number of carbonyl (C=O) groups is 1. The van der Waals surface area contributed by atoms with Crippen molar-refractivity contribution >= 4 is 18.3 Å². The summed E-state index contributed by atoms with van der Waals surface area (Å²) >= 11 is 0. The molecule has 1 saturated carbocycles. The summed E-state index contributed by atoms with van der Waals surface area (Å²) < 4.78 is 1.71. The first-order valence-electron chi connectivity index (χ1n) is 7.67. The predicted molar refractivity (Wildman–Crippen MR) is 92.4 cm³/mol. The molecule has 1 aliphatic rings. The fourth-order valence-corrected chi connectivity index (χ4v) is 2.87. The third-order valence-electron chi connectivity index (χ3n) is 4.20. The molecule has 5 nitrogen and oxygen atoms in total. The summed E-state index contributed by atoms with van der Waals surface area (Å²) in [7, 11) is 3.65. The molecule has 0 spiro atoms. The lowest BCUT2D eigenvalue weighted by Gasteiger charge is -2.14. The lowest BCUT2D eigenvalue weighted by atomic mass is 10.1. The van der Waals surface area contributed by atoms with Crippen molar-refractivity contribution in [1.29, 1.82) is 0 Å². The number of aryl methyl sites for hydroxylation is 1. The first-order chi connectivity index (χ1) is 10.7. The maximum atomic E-state index is 12.4. The van der Waals surface area contributed by atoms with Crippen LogP contribution in [0.1, 0.15) is 23.6 Å². The van der Waals surface area contributed by atoms with Gasteiger partial charge in [0.1, 0.15) is 6.04 Å². The summed E-state index contributed by atoms with van der Waals surface area (Å²) in [6.07, 6.45) is 5.69. The first-order valence-corrected chi connectivity index (χ1v) is 7.67. The van der Waals surface area contributed by atoms with Gasteiger partial charge in [-0.2, -0.15) is 5.10 Å². The van der Waals surface area contributed by atoms with E-state index >= 15 is 0 Å². The Labute approximate surface area is 142 Å². The highest BCUT2D eigenvalue weighted by atomic mass is 35.5. The summed E-state index contributed by atoms with van der Waals surface area (Å²) in [5.41, 5.74) is 2.23. The van der Waals surface area contributed by atoms with Crippen LogP contribution in [0.3, 0.4) is 0 Å². The Hall–Kier alpha value is -1.85. The number of likely N-dealkylation sites (N-methyl/N-ethyl adjacent to an activating group) is 1. The Morgan fingerprint density at radius 2 is 2.13 bits per heavy atom. The molecule has 1 fully saturated rings. The molecule has 6 heteroatoms. The van der Waals surface area contributed by atoms with Gasteiger partial charge < -0.3 is 10.6 Å². The standard InChI is InChI=1S/C17H22N4O.ClH/c1-18-16(14-10-19-21(2)11-14)17(22)20-15-9-13(15)8-12-6-4-3-5-7-12;/h3-7,10-11,13,15-16,18H,8-9H2,1-2H3,(H,20,22);1H. The molecule has 0 radical (unpaired) electrons. The number of aromatic nitrogens is 2. The SMILES string of the molecule is CNC(C(=O)NC1CC1Cc1ccccc1)c1cnn(C)c1.Cl. The number of hydrogen-bond acceptors (Lipinski definition) is 3. The van der Waals surface area contributed by atoms with Gasteiger partial charge >= 0.3 is 0 Å². The van der Waals surface area contributed by atoms with Gasteiger partial charge in [-0.3, -0.25) is 9.48 Å². The lowest BCUT2D eigenvalue weighted by molar-refractivity contribution is -0.123. The fraction of sp³-hybridized carbons (Fsp3) is 0.412. The number of halogens is 1. The van der Waals surface area contributed by atoms with Crippen LogP contribution in [0.5, 0.6) is 0 Å². The lowest BCUT2D eigenvalue weighted by Crippen LogP contribution is -2.37.